The van der Waals surface area contributed by atoms with Crippen LogP contribution >= 0.6 is 0 Å². The van der Waals surface area contributed by atoms with Crippen LogP contribution in [0, 0.1) is 21.4 Å². The molecule has 1 heterocycles. The number of ether oxygens (including phenoxy) is 1. The summed E-state index contributed by atoms with van der Waals surface area (Å²) in [6, 6.07) is 16.0. The van der Waals surface area contributed by atoms with Crippen molar-refractivity contribution >= 4 is 22.4 Å². The molecule has 2 aromatic carbocycles. The monoisotopic (exact) mass is 348 g/mol. The number of methoxy groups -OCH3 is 1. The maximum atomic E-state index is 10.9. The molecule has 1 N–H and O–H groups in total. The van der Waals surface area contributed by atoms with E-state index < -0.39 is 4.92 Å². The van der Waals surface area contributed by atoms with E-state index in [1.54, 1.807) is 19.2 Å². The number of nitrogens with one attached hydrogen (secondary N) is 1. The number of non-ortho nitro benzene ring substituents is 1. The lowest BCUT2D eigenvalue weighted by atomic mass is 10.1. The highest BCUT2D eigenvalue weighted by molar-refractivity contribution is 5.88. The summed E-state index contributed by atoms with van der Waals surface area (Å²) < 4.78 is 5.09. The Bertz CT molecular complexity index is 994. The Morgan fingerprint density at radius 2 is 1.92 bits per heavy atom. The molecule has 7 heteroatoms. The topological polar surface area (TPSA) is 101 Å². The van der Waals surface area contributed by atoms with Crippen molar-refractivity contribution in [3.63, 3.8) is 0 Å². The summed E-state index contributed by atoms with van der Waals surface area (Å²) in [6.45, 7) is 1.11. The van der Waals surface area contributed by atoms with Crippen LogP contribution in [0.2, 0.25) is 0 Å². The van der Waals surface area contributed by atoms with E-state index in [1.165, 1.54) is 12.1 Å². The highest BCUT2D eigenvalue weighted by atomic mass is 16.6. The van der Waals surface area contributed by atoms with E-state index >= 15 is 0 Å². The molecule has 1 aromatic heterocycles. The minimum atomic E-state index is -0.486. The third kappa shape index (κ3) is 3.77. The molecule has 0 fully saturated rings. The molecule has 3 rings (SSSR count). The smallest absolute Gasteiger partial charge is 0.270 e. The fourth-order valence-electron chi connectivity index (χ4n) is 2.62. The molecule has 7 nitrogen and oxygen atoms in total. The van der Waals surface area contributed by atoms with Gasteiger partial charge in [-0.15, -0.1) is 0 Å². The largest absolute Gasteiger partial charge is 0.380 e. The Morgan fingerprint density at radius 3 is 2.58 bits per heavy atom. The van der Waals surface area contributed by atoms with Gasteiger partial charge in [0.25, 0.3) is 5.69 Å². The van der Waals surface area contributed by atoms with Crippen molar-refractivity contribution in [2.24, 2.45) is 0 Å². The van der Waals surface area contributed by atoms with E-state index in [2.05, 4.69) is 16.4 Å². The van der Waals surface area contributed by atoms with Gasteiger partial charge in [-0.3, -0.25) is 10.1 Å². The molecule has 0 aliphatic rings. The van der Waals surface area contributed by atoms with Gasteiger partial charge in [-0.2, -0.15) is 5.26 Å². The van der Waals surface area contributed by atoms with Gasteiger partial charge >= 0.3 is 0 Å². The van der Waals surface area contributed by atoms with Crippen LogP contribution in [0.25, 0.3) is 10.9 Å². The molecule has 0 aliphatic heterocycles. The van der Waals surface area contributed by atoms with E-state index in [0.29, 0.717) is 35.4 Å². The standard InChI is InChI=1S/C19H16N4O3/c1-26-12-14-4-2-13(3-5-14)11-21-19-8-15(10-20)17-9-16(23(24)25)6-7-18(17)22-19/h2-9H,11-12H2,1H3,(H,21,22). The van der Waals surface area contributed by atoms with E-state index in [1.807, 2.05) is 24.3 Å². The van der Waals surface area contributed by atoms with Gasteiger partial charge in [0, 0.05) is 31.2 Å². The summed E-state index contributed by atoms with van der Waals surface area (Å²) in [7, 11) is 1.66. The minimum Gasteiger partial charge on any atom is -0.380 e. The van der Waals surface area contributed by atoms with Gasteiger partial charge in [0.1, 0.15) is 5.82 Å². The van der Waals surface area contributed by atoms with Crippen LogP contribution in [-0.4, -0.2) is 17.0 Å². The van der Waals surface area contributed by atoms with E-state index in [4.69, 9.17) is 4.74 Å². The quantitative estimate of drug-likeness (QED) is 0.537. The van der Waals surface area contributed by atoms with Crippen molar-refractivity contribution in [3.05, 3.63) is 75.3 Å². The number of anilines is 1. The molecular weight excluding hydrogens is 332 g/mol. The maximum absolute atomic E-state index is 10.9. The summed E-state index contributed by atoms with van der Waals surface area (Å²) in [5, 5.41) is 23.9. The normalized spacial score (nSPS) is 10.5. The van der Waals surface area contributed by atoms with Crippen LogP contribution in [0.1, 0.15) is 16.7 Å². The predicted octanol–water partition coefficient (Wildman–Crippen LogP) is 3.77. The lowest BCUT2D eigenvalue weighted by Crippen LogP contribution is -2.02. The fourth-order valence-corrected chi connectivity index (χ4v) is 2.62. The van der Waals surface area contributed by atoms with Gasteiger partial charge in [0.05, 0.1) is 28.7 Å². The zero-order chi connectivity index (χ0) is 18.5. The second kappa shape index (κ2) is 7.59. The Kier molecular flexibility index (Phi) is 5.06. The number of hydrogen-bond acceptors (Lipinski definition) is 6. The van der Waals surface area contributed by atoms with Gasteiger partial charge in [-0.05, 0) is 23.3 Å². The van der Waals surface area contributed by atoms with E-state index in [-0.39, 0.29) is 5.69 Å². The summed E-state index contributed by atoms with van der Waals surface area (Å²) in [5.41, 5.74) is 2.97. The predicted molar refractivity (Wildman–Crippen MR) is 97.6 cm³/mol. The molecule has 130 valence electrons. The lowest BCUT2D eigenvalue weighted by Gasteiger charge is -2.09. The molecule has 0 amide bonds. The summed E-state index contributed by atoms with van der Waals surface area (Å²) in [5.74, 6) is 0.545. The van der Waals surface area contributed by atoms with Gasteiger partial charge in [0.2, 0.25) is 0 Å². The Hall–Kier alpha value is -3.50. The first kappa shape index (κ1) is 17.3. The molecule has 0 saturated carbocycles. The molecule has 0 aliphatic carbocycles. The first-order valence-electron chi connectivity index (χ1n) is 7.90. The Morgan fingerprint density at radius 1 is 1.19 bits per heavy atom. The SMILES string of the molecule is COCc1ccc(CNc2cc(C#N)c3cc([N+](=O)[O-])ccc3n2)cc1. The summed E-state index contributed by atoms with van der Waals surface area (Å²) >= 11 is 0. The number of nitro groups is 1. The van der Waals surface area contributed by atoms with Crippen LogP contribution in [-0.2, 0) is 17.9 Å². The number of hydrogen-bond donors (Lipinski definition) is 1. The second-order valence-corrected chi connectivity index (χ2v) is 5.73. The van der Waals surface area contributed by atoms with Gasteiger partial charge in [0.15, 0.2) is 0 Å². The fraction of sp³-hybridized carbons (Fsp3) is 0.158. The van der Waals surface area contributed by atoms with Crippen molar-refractivity contribution in [2.75, 3.05) is 12.4 Å². The molecular formula is C19H16N4O3. The van der Waals surface area contributed by atoms with Gasteiger partial charge in [-0.25, -0.2) is 4.98 Å². The number of rotatable bonds is 6. The number of fused-ring (bicyclic) bond motifs is 1. The van der Waals surface area contributed by atoms with E-state index in [9.17, 15) is 15.4 Å². The average molecular weight is 348 g/mol. The van der Waals surface area contributed by atoms with Crippen LogP contribution in [0.5, 0.6) is 0 Å². The molecule has 3 aromatic rings. The molecule has 0 spiro atoms. The Labute approximate surface area is 150 Å². The average Bonchev–Trinajstić information content (AvgIpc) is 2.66. The van der Waals surface area contributed by atoms with Crippen molar-refractivity contribution in [1.29, 1.82) is 5.26 Å². The molecule has 0 radical (unpaired) electrons. The number of aromatic nitrogens is 1. The van der Waals surface area contributed by atoms with Crippen molar-refractivity contribution in [1.82, 2.24) is 4.98 Å². The summed E-state index contributed by atoms with van der Waals surface area (Å²) in [6.07, 6.45) is 0. The van der Waals surface area contributed by atoms with Crippen molar-refractivity contribution in [3.8, 4) is 6.07 Å². The zero-order valence-electron chi connectivity index (χ0n) is 14.1. The van der Waals surface area contributed by atoms with E-state index in [0.717, 1.165) is 11.1 Å². The minimum absolute atomic E-state index is 0.0624. The van der Waals surface area contributed by atoms with Crippen molar-refractivity contribution < 1.29 is 9.66 Å². The third-order valence-corrected chi connectivity index (χ3v) is 3.93. The van der Waals surface area contributed by atoms with Crippen LogP contribution in [0.4, 0.5) is 11.5 Å². The summed E-state index contributed by atoms with van der Waals surface area (Å²) in [4.78, 5) is 14.9. The number of benzene rings is 2. The molecule has 0 atom stereocenters. The lowest BCUT2D eigenvalue weighted by molar-refractivity contribution is -0.384. The number of pyridine rings is 1. The molecule has 26 heavy (non-hydrogen) atoms. The first-order chi connectivity index (χ1) is 12.6. The van der Waals surface area contributed by atoms with Crippen LogP contribution in [0.3, 0.4) is 0 Å². The van der Waals surface area contributed by atoms with Crippen LogP contribution in [0.15, 0.2) is 48.5 Å². The maximum Gasteiger partial charge on any atom is 0.270 e. The highest BCUT2D eigenvalue weighted by Gasteiger charge is 2.11. The molecule has 0 saturated heterocycles. The number of nitro benzene ring substituents is 1. The zero-order valence-corrected chi connectivity index (χ0v) is 14.1. The first-order valence-corrected chi connectivity index (χ1v) is 7.90. The Balaban J connectivity index is 1.83. The van der Waals surface area contributed by atoms with Crippen molar-refractivity contribution in [2.45, 2.75) is 13.2 Å². The molecule has 0 bridgehead atoms. The third-order valence-electron chi connectivity index (χ3n) is 3.93. The number of nitriles is 1. The van der Waals surface area contributed by atoms with Gasteiger partial charge in [-0.1, -0.05) is 24.3 Å². The number of nitrogens with zero attached hydrogens (tertiary/aromatic N) is 3. The van der Waals surface area contributed by atoms with Gasteiger partial charge < -0.3 is 10.1 Å². The van der Waals surface area contributed by atoms with Crippen LogP contribution < -0.4 is 5.32 Å². The second-order valence-electron chi connectivity index (χ2n) is 5.73. The molecule has 0 unspecified atom stereocenters. The highest BCUT2D eigenvalue weighted by Crippen LogP contribution is 2.25.